The number of pyridine rings is 1. The number of imidazole rings is 2. The first-order valence-electron chi connectivity index (χ1n) is 12.0. The van der Waals surface area contributed by atoms with E-state index in [4.69, 9.17) is 0 Å². The Balaban J connectivity index is 0.000000162. The third kappa shape index (κ3) is 5.41. The van der Waals surface area contributed by atoms with Crippen molar-refractivity contribution in [3.63, 3.8) is 0 Å². The fourth-order valence-electron chi connectivity index (χ4n) is 4.08. The maximum Gasteiger partial charge on any atom is 0.280 e. The van der Waals surface area contributed by atoms with Crippen molar-refractivity contribution < 1.29 is 13.6 Å². The Morgan fingerprint density at radius 3 is 2.14 bits per heavy atom. The summed E-state index contributed by atoms with van der Waals surface area (Å²) in [6.45, 7) is 0. The normalized spacial score (nSPS) is 15.2. The number of carbonyl (C=O) groups excluding carboxylic acids is 1. The van der Waals surface area contributed by atoms with Crippen molar-refractivity contribution in [2.24, 2.45) is 0 Å². The van der Waals surface area contributed by atoms with E-state index < -0.39 is 12.1 Å². The Morgan fingerprint density at radius 1 is 0.892 bits per heavy atom. The molecule has 37 heavy (non-hydrogen) atoms. The van der Waals surface area contributed by atoms with Gasteiger partial charge in [-0.1, -0.05) is 6.07 Å². The van der Waals surface area contributed by atoms with Crippen molar-refractivity contribution in [1.82, 2.24) is 33.7 Å². The van der Waals surface area contributed by atoms with Gasteiger partial charge < -0.3 is 8.80 Å². The molecular weight excluding hydrogens is 544 g/mol. The van der Waals surface area contributed by atoms with Gasteiger partial charge in [-0.15, -0.1) is 0 Å². The summed E-state index contributed by atoms with van der Waals surface area (Å²) in [7, 11) is 0. The van der Waals surface area contributed by atoms with E-state index in [1.807, 2.05) is 21.2 Å². The average Bonchev–Trinajstić information content (AvgIpc) is 3.83. The molecule has 0 spiro atoms. The third-order valence-electron chi connectivity index (χ3n) is 6.35. The van der Waals surface area contributed by atoms with Crippen molar-refractivity contribution in [3.05, 3.63) is 88.5 Å². The summed E-state index contributed by atoms with van der Waals surface area (Å²) >= 11 is 3.33. The molecule has 2 aliphatic rings. The van der Waals surface area contributed by atoms with E-state index in [1.54, 1.807) is 18.6 Å². The van der Waals surface area contributed by atoms with Gasteiger partial charge in [0.2, 0.25) is 0 Å². The number of alkyl halides is 2. The molecule has 0 atom stereocenters. The van der Waals surface area contributed by atoms with Gasteiger partial charge in [-0.05, 0) is 53.7 Å². The first kappa shape index (κ1) is 23.8. The second-order valence-electron chi connectivity index (χ2n) is 9.35. The topological polar surface area (TPSA) is 90.3 Å². The van der Waals surface area contributed by atoms with Gasteiger partial charge in [-0.3, -0.25) is 9.78 Å². The Bertz CT molecular complexity index is 1610. The van der Waals surface area contributed by atoms with Gasteiger partial charge in [-0.25, -0.2) is 28.7 Å². The van der Waals surface area contributed by atoms with Gasteiger partial charge in [0.1, 0.15) is 16.0 Å². The zero-order valence-electron chi connectivity index (χ0n) is 19.6. The summed E-state index contributed by atoms with van der Waals surface area (Å²) in [5.41, 5.74) is 4.12. The maximum atomic E-state index is 12.7. The highest BCUT2D eigenvalue weighted by Gasteiger charge is 2.27. The molecule has 5 heterocycles. The first-order chi connectivity index (χ1) is 17.9. The van der Waals surface area contributed by atoms with Gasteiger partial charge in [0.25, 0.3) is 6.43 Å². The minimum atomic E-state index is -2.70. The summed E-state index contributed by atoms with van der Waals surface area (Å²) < 4.78 is 30.1. The zero-order valence-corrected chi connectivity index (χ0v) is 21.2. The number of hydrogen-bond acceptors (Lipinski definition) is 6. The Kier molecular flexibility index (Phi) is 6.23. The fourth-order valence-corrected chi connectivity index (χ4v) is 4.40. The molecule has 2 saturated carbocycles. The SMILES string of the molecule is Brc1cn2cc(C3CC3)nc2cn1.O=C(Cc1cn2cc(C3CC3)nc2cn1)c1cccc(C(F)F)n1. The molecule has 0 aliphatic heterocycles. The van der Waals surface area contributed by atoms with Crippen molar-refractivity contribution >= 4 is 33.0 Å². The summed E-state index contributed by atoms with van der Waals surface area (Å²) in [5.74, 6) is 0.904. The lowest BCUT2D eigenvalue weighted by Gasteiger charge is -2.04. The lowest BCUT2D eigenvalue weighted by atomic mass is 10.1. The van der Waals surface area contributed by atoms with Crippen LogP contribution in [0.15, 0.2) is 60.0 Å². The molecule has 2 fully saturated rings. The number of rotatable bonds is 6. The lowest BCUT2D eigenvalue weighted by Crippen LogP contribution is -2.09. The van der Waals surface area contributed by atoms with E-state index in [1.165, 1.54) is 36.7 Å². The molecule has 0 N–H and O–H groups in total. The Hall–Kier alpha value is -3.60. The van der Waals surface area contributed by atoms with Crippen LogP contribution in [0.5, 0.6) is 0 Å². The highest BCUT2D eigenvalue weighted by molar-refractivity contribution is 9.10. The number of fused-ring (bicyclic) bond motifs is 2. The number of aromatic nitrogens is 7. The Labute approximate surface area is 219 Å². The molecular formula is C26H22BrF2N7O. The molecule has 2 aliphatic carbocycles. The summed E-state index contributed by atoms with van der Waals surface area (Å²) in [4.78, 5) is 33.4. The van der Waals surface area contributed by atoms with Crippen LogP contribution >= 0.6 is 15.9 Å². The molecule has 0 saturated heterocycles. The van der Waals surface area contributed by atoms with Crippen LogP contribution in [0.25, 0.3) is 11.3 Å². The molecule has 0 unspecified atom stereocenters. The van der Waals surface area contributed by atoms with E-state index in [9.17, 15) is 13.6 Å². The van der Waals surface area contributed by atoms with Crippen molar-refractivity contribution in [2.75, 3.05) is 0 Å². The summed E-state index contributed by atoms with van der Waals surface area (Å²) in [6, 6.07) is 4.06. The smallest absolute Gasteiger partial charge is 0.280 e. The van der Waals surface area contributed by atoms with E-state index in [0.29, 0.717) is 17.5 Å². The second kappa shape index (κ2) is 9.70. The van der Waals surface area contributed by atoms with E-state index in [-0.39, 0.29) is 17.9 Å². The lowest BCUT2D eigenvalue weighted by molar-refractivity contribution is 0.0985. The molecule has 0 radical (unpaired) electrons. The molecule has 5 aromatic rings. The number of Topliss-reactive ketones (excluding diaryl/α,β-unsaturated/α-hetero) is 1. The molecule has 5 aromatic heterocycles. The molecule has 11 heteroatoms. The van der Waals surface area contributed by atoms with Crippen LogP contribution in [0.2, 0.25) is 0 Å². The highest BCUT2D eigenvalue weighted by Crippen LogP contribution is 2.40. The number of halogens is 3. The van der Waals surface area contributed by atoms with Crippen LogP contribution < -0.4 is 0 Å². The van der Waals surface area contributed by atoms with Crippen LogP contribution in [-0.2, 0) is 6.42 Å². The standard InChI is InChI=1S/C17H14F2N4O.C9H8BrN3/c18-17(19)13-3-1-2-12(21-13)15(24)6-11-8-23-9-14(10-4-5-10)22-16(23)7-20-11;10-8-5-13-4-7(6-1-2-6)12-9(13)3-11-8/h1-3,7-10,17H,4-6H2;3-6H,1-2H2. The molecule has 7 rings (SSSR count). The second-order valence-corrected chi connectivity index (χ2v) is 10.2. The van der Waals surface area contributed by atoms with Crippen molar-refractivity contribution in [1.29, 1.82) is 0 Å². The fraction of sp³-hybridized carbons (Fsp3) is 0.308. The molecule has 8 nitrogen and oxygen atoms in total. The molecule has 188 valence electrons. The van der Waals surface area contributed by atoms with Crippen LogP contribution in [0, 0.1) is 0 Å². The largest absolute Gasteiger partial charge is 0.304 e. The Morgan fingerprint density at radius 2 is 1.51 bits per heavy atom. The summed E-state index contributed by atoms with van der Waals surface area (Å²) in [6.07, 6.45) is 13.4. The maximum absolute atomic E-state index is 12.7. The van der Waals surface area contributed by atoms with Crippen LogP contribution in [0.3, 0.4) is 0 Å². The van der Waals surface area contributed by atoms with Gasteiger partial charge in [0, 0.05) is 36.6 Å². The number of ketones is 1. The number of hydrogen-bond donors (Lipinski definition) is 0. The van der Waals surface area contributed by atoms with Crippen LogP contribution in [0.4, 0.5) is 8.78 Å². The molecule has 0 aromatic carbocycles. The average molecular weight is 566 g/mol. The van der Waals surface area contributed by atoms with E-state index >= 15 is 0 Å². The predicted molar refractivity (Wildman–Crippen MR) is 135 cm³/mol. The predicted octanol–water partition coefficient (Wildman–Crippen LogP) is 5.73. The molecule has 0 amide bonds. The summed E-state index contributed by atoms with van der Waals surface area (Å²) in [5, 5.41) is 0. The third-order valence-corrected chi connectivity index (χ3v) is 6.76. The number of nitrogens with zero attached hydrogens (tertiary/aromatic N) is 7. The quantitative estimate of drug-likeness (QED) is 0.244. The van der Waals surface area contributed by atoms with Gasteiger partial charge >= 0.3 is 0 Å². The minimum absolute atomic E-state index is 0.00652. The van der Waals surface area contributed by atoms with Gasteiger partial charge in [0.05, 0.1) is 35.9 Å². The van der Waals surface area contributed by atoms with Crippen molar-refractivity contribution in [3.8, 4) is 0 Å². The monoisotopic (exact) mass is 565 g/mol. The van der Waals surface area contributed by atoms with Crippen molar-refractivity contribution in [2.45, 2.75) is 50.4 Å². The van der Waals surface area contributed by atoms with Gasteiger partial charge in [-0.2, -0.15) is 0 Å². The highest BCUT2D eigenvalue weighted by atomic mass is 79.9. The first-order valence-corrected chi connectivity index (χ1v) is 12.8. The van der Waals surface area contributed by atoms with E-state index in [2.05, 4.69) is 47.0 Å². The zero-order chi connectivity index (χ0) is 25.5. The number of carbonyl (C=O) groups is 1. The van der Waals surface area contributed by atoms with Crippen LogP contribution in [0.1, 0.15) is 77.2 Å². The van der Waals surface area contributed by atoms with E-state index in [0.717, 1.165) is 34.4 Å². The minimum Gasteiger partial charge on any atom is -0.304 e. The molecule has 0 bridgehead atoms. The van der Waals surface area contributed by atoms with Crippen LogP contribution in [-0.4, -0.2) is 39.5 Å². The van der Waals surface area contributed by atoms with Gasteiger partial charge in [0.15, 0.2) is 17.1 Å².